The fraction of sp³-hybridized carbons (Fsp3) is 0.533. The second kappa shape index (κ2) is 7.39. The van der Waals surface area contributed by atoms with Gasteiger partial charge in [-0.1, -0.05) is 6.07 Å². The van der Waals surface area contributed by atoms with Crippen LogP contribution in [-0.2, 0) is 14.8 Å². The number of nitrogens with zero attached hydrogens (tertiary/aromatic N) is 1. The van der Waals surface area contributed by atoms with E-state index in [1.165, 1.54) is 12.1 Å². The van der Waals surface area contributed by atoms with Gasteiger partial charge in [0.2, 0.25) is 15.9 Å². The van der Waals surface area contributed by atoms with Crippen molar-refractivity contribution in [3.05, 3.63) is 29.3 Å². The highest BCUT2D eigenvalue weighted by atomic mass is 32.2. The molecule has 1 saturated heterocycles. The van der Waals surface area contributed by atoms with E-state index >= 15 is 0 Å². The summed E-state index contributed by atoms with van der Waals surface area (Å²) in [5.74, 6) is -0.638. The first kappa shape index (κ1) is 17.9. The number of ether oxygens (including phenoxy) is 1. The molecule has 7 nitrogen and oxygen atoms in total. The van der Waals surface area contributed by atoms with Gasteiger partial charge in [-0.05, 0) is 31.5 Å². The third-order valence-electron chi connectivity index (χ3n) is 3.78. The van der Waals surface area contributed by atoms with E-state index in [-0.39, 0.29) is 16.5 Å². The van der Waals surface area contributed by atoms with Gasteiger partial charge >= 0.3 is 0 Å². The maximum absolute atomic E-state index is 12.5. The highest BCUT2D eigenvalue weighted by Crippen LogP contribution is 2.16. The molecule has 128 valence electrons. The Bertz CT molecular complexity index is 669. The smallest absolute Gasteiger partial charge is 0.249 e. The second-order valence-corrected chi connectivity index (χ2v) is 7.49. The Labute approximate surface area is 136 Å². The number of rotatable bonds is 6. The highest BCUT2D eigenvalue weighted by Gasteiger charge is 2.21. The number of nitrogens with one attached hydrogen (secondary N) is 1. The molecule has 2 rings (SSSR count). The van der Waals surface area contributed by atoms with Crippen LogP contribution >= 0.6 is 0 Å². The number of primary amides is 1. The average molecular weight is 341 g/mol. The molecule has 0 saturated carbocycles. The first-order chi connectivity index (χ1) is 10.8. The number of sulfonamides is 1. The molecule has 1 aromatic carbocycles. The average Bonchev–Trinajstić information content (AvgIpc) is 2.47. The summed E-state index contributed by atoms with van der Waals surface area (Å²) in [4.78, 5) is 13.6. The zero-order valence-electron chi connectivity index (χ0n) is 13.4. The Morgan fingerprint density at radius 1 is 1.39 bits per heavy atom. The molecule has 0 aliphatic carbocycles. The number of hydrogen-bond acceptors (Lipinski definition) is 5. The van der Waals surface area contributed by atoms with Gasteiger partial charge in [-0.2, -0.15) is 0 Å². The number of carbonyl (C=O) groups excluding carboxylic acids is 1. The lowest BCUT2D eigenvalue weighted by Crippen LogP contribution is -2.45. The molecule has 1 aliphatic heterocycles. The van der Waals surface area contributed by atoms with Crippen molar-refractivity contribution in [3.8, 4) is 0 Å². The number of hydrogen-bond donors (Lipinski definition) is 2. The first-order valence-electron chi connectivity index (χ1n) is 7.52. The molecular weight excluding hydrogens is 318 g/mol. The molecule has 3 N–H and O–H groups in total. The van der Waals surface area contributed by atoms with Crippen molar-refractivity contribution < 1.29 is 17.9 Å². The molecule has 0 unspecified atom stereocenters. The van der Waals surface area contributed by atoms with Crippen LogP contribution < -0.4 is 10.5 Å². The van der Waals surface area contributed by atoms with Crippen LogP contribution in [0.2, 0.25) is 0 Å². The number of morpholine rings is 1. The second-order valence-electron chi connectivity index (χ2n) is 5.78. The van der Waals surface area contributed by atoms with Crippen molar-refractivity contribution in [2.75, 3.05) is 32.8 Å². The summed E-state index contributed by atoms with van der Waals surface area (Å²) in [5, 5.41) is 0. The number of amides is 1. The van der Waals surface area contributed by atoms with Crippen molar-refractivity contribution in [2.24, 2.45) is 5.73 Å². The Balaban J connectivity index is 2.08. The van der Waals surface area contributed by atoms with Gasteiger partial charge in [-0.3, -0.25) is 9.69 Å². The molecule has 1 atom stereocenters. The molecule has 1 fully saturated rings. The van der Waals surface area contributed by atoms with Crippen LogP contribution in [-0.4, -0.2) is 58.1 Å². The molecule has 0 spiro atoms. The minimum Gasteiger partial charge on any atom is -0.379 e. The standard InChI is InChI=1S/C15H23N3O4S/c1-11-3-4-13(9-14(11)15(16)19)23(20,21)17-12(2)10-18-5-7-22-8-6-18/h3-4,9,12,17H,5-8,10H2,1-2H3,(H2,16,19)/t12-/m1/s1. The van der Waals surface area contributed by atoms with Gasteiger partial charge < -0.3 is 10.5 Å². The predicted molar refractivity (Wildman–Crippen MR) is 86.7 cm³/mol. The van der Waals surface area contributed by atoms with E-state index in [4.69, 9.17) is 10.5 Å². The highest BCUT2D eigenvalue weighted by molar-refractivity contribution is 7.89. The largest absolute Gasteiger partial charge is 0.379 e. The summed E-state index contributed by atoms with van der Waals surface area (Å²) >= 11 is 0. The molecule has 23 heavy (non-hydrogen) atoms. The summed E-state index contributed by atoms with van der Waals surface area (Å²) in [6.07, 6.45) is 0. The number of carbonyl (C=O) groups is 1. The van der Waals surface area contributed by atoms with Crippen molar-refractivity contribution in [1.29, 1.82) is 0 Å². The Morgan fingerprint density at radius 2 is 2.04 bits per heavy atom. The van der Waals surface area contributed by atoms with Crippen LogP contribution in [0.5, 0.6) is 0 Å². The van der Waals surface area contributed by atoms with E-state index in [9.17, 15) is 13.2 Å². The number of benzene rings is 1. The van der Waals surface area contributed by atoms with E-state index < -0.39 is 15.9 Å². The lowest BCUT2D eigenvalue weighted by Gasteiger charge is -2.29. The van der Waals surface area contributed by atoms with Gasteiger partial charge in [0.15, 0.2) is 0 Å². The zero-order chi connectivity index (χ0) is 17.0. The third kappa shape index (κ3) is 4.74. The van der Waals surface area contributed by atoms with Crippen LogP contribution in [0.3, 0.4) is 0 Å². The minimum absolute atomic E-state index is 0.0470. The SMILES string of the molecule is Cc1ccc(S(=O)(=O)N[C@H](C)CN2CCOCC2)cc1C(N)=O. The van der Waals surface area contributed by atoms with Gasteiger partial charge in [-0.25, -0.2) is 13.1 Å². The molecule has 0 bridgehead atoms. The van der Waals surface area contributed by atoms with E-state index in [0.717, 1.165) is 13.1 Å². The van der Waals surface area contributed by atoms with E-state index in [2.05, 4.69) is 9.62 Å². The quantitative estimate of drug-likeness (QED) is 0.764. The van der Waals surface area contributed by atoms with Gasteiger partial charge in [0.1, 0.15) is 0 Å². The summed E-state index contributed by atoms with van der Waals surface area (Å²) in [7, 11) is -3.70. The fourth-order valence-electron chi connectivity index (χ4n) is 2.57. The lowest BCUT2D eigenvalue weighted by molar-refractivity contribution is 0.0354. The van der Waals surface area contributed by atoms with Crippen LogP contribution in [0, 0.1) is 6.92 Å². The molecule has 1 aliphatic rings. The maximum atomic E-state index is 12.5. The maximum Gasteiger partial charge on any atom is 0.249 e. The van der Waals surface area contributed by atoms with Gasteiger partial charge in [-0.15, -0.1) is 0 Å². The fourth-order valence-corrected chi connectivity index (χ4v) is 3.84. The molecule has 0 aromatic heterocycles. The van der Waals surface area contributed by atoms with Crippen LogP contribution in [0.25, 0.3) is 0 Å². The van der Waals surface area contributed by atoms with Crippen molar-refractivity contribution in [2.45, 2.75) is 24.8 Å². The summed E-state index contributed by atoms with van der Waals surface area (Å²) in [6, 6.07) is 4.13. The van der Waals surface area contributed by atoms with Crippen LogP contribution in [0.15, 0.2) is 23.1 Å². The molecular formula is C15H23N3O4S. The van der Waals surface area contributed by atoms with Gasteiger partial charge in [0.05, 0.1) is 18.1 Å². The monoisotopic (exact) mass is 341 g/mol. The predicted octanol–water partition coefficient (Wildman–Crippen LogP) is 0.0929. The summed E-state index contributed by atoms with van der Waals surface area (Å²) in [5.41, 5.74) is 6.15. The van der Waals surface area contributed by atoms with E-state index in [1.807, 2.05) is 6.92 Å². The summed E-state index contributed by atoms with van der Waals surface area (Å²) < 4.78 is 32.8. The van der Waals surface area contributed by atoms with E-state index in [1.54, 1.807) is 13.0 Å². The van der Waals surface area contributed by atoms with Crippen LogP contribution in [0.4, 0.5) is 0 Å². The Kier molecular flexibility index (Phi) is 5.74. The van der Waals surface area contributed by atoms with Gasteiger partial charge in [0, 0.05) is 31.2 Å². The van der Waals surface area contributed by atoms with Crippen molar-refractivity contribution in [1.82, 2.24) is 9.62 Å². The minimum atomic E-state index is -3.70. The molecule has 0 radical (unpaired) electrons. The Morgan fingerprint density at radius 3 is 2.65 bits per heavy atom. The first-order valence-corrected chi connectivity index (χ1v) is 9.01. The normalized spacial score (nSPS) is 17.8. The lowest BCUT2D eigenvalue weighted by atomic mass is 10.1. The molecule has 8 heteroatoms. The molecule has 1 heterocycles. The molecule has 1 amide bonds. The third-order valence-corrected chi connectivity index (χ3v) is 5.36. The topological polar surface area (TPSA) is 102 Å². The van der Waals surface area contributed by atoms with Crippen molar-refractivity contribution in [3.63, 3.8) is 0 Å². The number of nitrogens with two attached hydrogens (primary N) is 1. The van der Waals surface area contributed by atoms with E-state index in [0.29, 0.717) is 25.3 Å². The zero-order valence-corrected chi connectivity index (χ0v) is 14.2. The summed E-state index contributed by atoms with van der Waals surface area (Å²) in [6.45, 7) is 7.06. The van der Waals surface area contributed by atoms with Crippen LogP contribution in [0.1, 0.15) is 22.8 Å². The Hall–Kier alpha value is -1.48. The van der Waals surface area contributed by atoms with Crippen molar-refractivity contribution >= 4 is 15.9 Å². The molecule has 1 aromatic rings. The van der Waals surface area contributed by atoms with Gasteiger partial charge in [0.25, 0.3) is 0 Å². The number of aryl methyl sites for hydroxylation is 1.